The molecule has 2 fully saturated rings. The van der Waals surface area contributed by atoms with Crippen LogP contribution in [0.4, 0.5) is 5.82 Å². The van der Waals surface area contributed by atoms with Crippen molar-refractivity contribution in [1.82, 2.24) is 19.5 Å². The molecule has 0 bridgehead atoms. The molecule has 0 spiro atoms. The molecule has 1 aliphatic heterocycles. The van der Waals surface area contributed by atoms with Gasteiger partial charge in [0.1, 0.15) is 30.2 Å². The maximum atomic E-state index is 12.0. The zero-order chi connectivity index (χ0) is 18.1. The molecule has 12 heteroatoms. The molecule has 2 aromatic rings. The van der Waals surface area contributed by atoms with Gasteiger partial charge in [-0.15, -0.1) is 0 Å². The fraction of sp³-hybridized carbons (Fsp3) is 0.615. The molecule has 2 unspecified atom stereocenters. The van der Waals surface area contributed by atoms with Crippen LogP contribution < -0.4 is 5.73 Å². The Balaban J connectivity index is 1.59. The number of ether oxygens (including phenoxy) is 1. The van der Waals surface area contributed by atoms with E-state index in [1.807, 2.05) is 0 Å². The first kappa shape index (κ1) is 16.8. The molecule has 1 saturated heterocycles. The third-order valence-corrected chi connectivity index (χ3v) is 6.52. The molecule has 2 aliphatic rings. The summed E-state index contributed by atoms with van der Waals surface area (Å²) in [4.78, 5) is 21.8. The molecule has 0 aromatic carbocycles. The molecule has 1 saturated carbocycles. The molecule has 4 rings (SSSR count). The minimum atomic E-state index is -3.91. The number of aromatic nitrogens is 4. The largest absolute Gasteiger partial charge is 0.385 e. The lowest BCUT2D eigenvalue weighted by atomic mass is 10.1. The van der Waals surface area contributed by atoms with E-state index < -0.39 is 43.4 Å². The molecule has 3 heterocycles. The Bertz CT molecular complexity index is 889. The number of fused-ring (bicyclic) bond motifs is 2. The third-order valence-electron chi connectivity index (χ3n) is 4.69. The topological polar surface area (TPSA) is 166 Å². The van der Waals surface area contributed by atoms with Gasteiger partial charge in [0.05, 0.1) is 12.0 Å². The normalized spacial score (nSPS) is 36.6. The molecular formula is C13H18N5O6P. The van der Waals surface area contributed by atoms with Gasteiger partial charge in [-0.25, -0.2) is 15.0 Å². The van der Waals surface area contributed by atoms with Gasteiger partial charge in [-0.1, -0.05) is 13.8 Å². The third kappa shape index (κ3) is 2.24. The summed E-state index contributed by atoms with van der Waals surface area (Å²) >= 11 is 0. The highest BCUT2D eigenvalue weighted by Gasteiger charge is 2.79. The Hall–Kier alpha value is -1.62. The van der Waals surface area contributed by atoms with Gasteiger partial charge in [0, 0.05) is 0 Å². The predicted molar refractivity (Wildman–Crippen MR) is 84.4 cm³/mol. The number of imidazole rings is 1. The second kappa shape index (κ2) is 5.19. The van der Waals surface area contributed by atoms with E-state index in [1.54, 1.807) is 0 Å². The number of hydrogen-bond acceptors (Lipinski definition) is 9. The molecule has 6 atom stereocenters. The Morgan fingerprint density at radius 3 is 2.76 bits per heavy atom. The lowest BCUT2D eigenvalue weighted by Gasteiger charge is -2.25. The highest BCUT2D eigenvalue weighted by Crippen LogP contribution is 2.61. The summed E-state index contributed by atoms with van der Waals surface area (Å²) in [5.41, 5.74) is 4.01. The van der Waals surface area contributed by atoms with Crippen LogP contribution in [0.2, 0.25) is 0 Å². The van der Waals surface area contributed by atoms with Gasteiger partial charge in [0.25, 0.3) is 0 Å². The molecule has 5 N–H and O–H groups in total. The van der Waals surface area contributed by atoms with Crippen molar-refractivity contribution >= 4 is 24.6 Å². The minimum absolute atomic E-state index is 0.180. The molecular weight excluding hydrogens is 353 g/mol. The summed E-state index contributed by atoms with van der Waals surface area (Å²) in [7, 11) is -3.91. The van der Waals surface area contributed by atoms with E-state index in [9.17, 15) is 19.7 Å². The molecule has 1 aliphatic carbocycles. The number of hydrogen-bond donors (Lipinski definition) is 4. The first-order valence-corrected chi connectivity index (χ1v) is 9.32. The summed E-state index contributed by atoms with van der Waals surface area (Å²) in [6.07, 6.45) is -1.76. The number of rotatable bonds is 4. The number of nitrogen functional groups attached to an aromatic ring is 1. The molecule has 25 heavy (non-hydrogen) atoms. The fourth-order valence-corrected chi connectivity index (χ4v) is 3.85. The van der Waals surface area contributed by atoms with Gasteiger partial charge in [-0.3, -0.25) is 13.7 Å². The van der Waals surface area contributed by atoms with Crippen LogP contribution in [0.3, 0.4) is 0 Å². The zero-order valence-corrected chi connectivity index (χ0v) is 14.3. The van der Waals surface area contributed by atoms with E-state index in [0.29, 0.717) is 11.2 Å². The number of aliphatic hydroxyl groups is 2. The van der Waals surface area contributed by atoms with Crippen molar-refractivity contribution in [3.63, 3.8) is 0 Å². The number of nitrogens with zero attached hydrogens (tertiary/aromatic N) is 4. The first-order valence-electron chi connectivity index (χ1n) is 7.67. The SMILES string of the molecule is CC(C)P(=O)(O)OC1[C@H]2O[C@@H](n3cnc4c(N)ncnc43)[C@H](O)[C@@]12O. The van der Waals surface area contributed by atoms with Gasteiger partial charge >= 0.3 is 7.60 Å². The van der Waals surface area contributed by atoms with Crippen LogP contribution in [0.15, 0.2) is 12.7 Å². The maximum absolute atomic E-state index is 12.0. The van der Waals surface area contributed by atoms with E-state index in [0.717, 1.165) is 0 Å². The summed E-state index contributed by atoms with van der Waals surface area (Å²) < 4.78 is 24.2. The Labute approximate surface area is 142 Å². The highest BCUT2D eigenvalue weighted by molar-refractivity contribution is 7.53. The standard InChI is InChI=1S/C13H18N5O6P/c1-5(2)25(21,22)24-9-8-13(9,20)7(19)12(23-8)18-4-17-6-10(14)15-3-16-11(6)18/h3-5,7-9,12,19-20H,1-2H3,(H,21,22)(H2,14,15,16)/t7-,8+,9?,12+,13-/m0/s1. The van der Waals surface area contributed by atoms with E-state index >= 15 is 0 Å². The number of aliphatic hydroxyl groups excluding tert-OH is 1. The van der Waals surface area contributed by atoms with Crippen LogP contribution in [0.5, 0.6) is 0 Å². The van der Waals surface area contributed by atoms with Crippen LogP contribution in [-0.4, -0.2) is 64.2 Å². The van der Waals surface area contributed by atoms with Gasteiger partial charge in [-0.05, 0) is 0 Å². The van der Waals surface area contributed by atoms with Gasteiger partial charge < -0.3 is 25.6 Å². The van der Waals surface area contributed by atoms with Crippen molar-refractivity contribution in [1.29, 1.82) is 0 Å². The van der Waals surface area contributed by atoms with Crippen LogP contribution in [0.1, 0.15) is 20.1 Å². The van der Waals surface area contributed by atoms with Crippen molar-refractivity contribution in [2.24, 2.45) is 0 Å². The van der Waals surface area contributed by atoms with Crippen molar-refractivity contribution in [2.75, 3.05) is 5.73 Å². The van der Waals surface area contributed by atoms with E-state index in [2.05, 4.69) is 15.0 Å². The average Bonchev–Trinajstić information content (AvgIpc) is 2.87. The maximum Gasteiger partial charge on any atom is 0.331 e. The summed E-state index contributed by atoms with van der Waals surface area (Å²) in [5, 5.41) is 21.1. The fourth-order valence-electron chi connectivity index (χ4n) is 3.00. The van der Waals surface area contributed by atoms with Gasteiger partial charge in [0.15, 0.2) is 23.3 Å². The van der Waals surface area contributed by atoms with Crippen molar-refractivity contribution in [3.8, 4) is 0 Å². The monoisotopic (exact) mass is 371 g/mol. The first-order chi connectivity index (χ1) is 11.7. The second-order valence-corrected chi connectivity index (χ2v) is 8.92. The smallest absolute Gasteiger partial charge is 0.331 e. The van der Waals surface area contributed by atoms with Crippen molar-refractivity contribution in [2.45, 2.75) is 49.6 Å². The molecule has 136 valence electrons. The van der Waals surface area contributed by atoms with Crippen LogP contribution in [0.25, 0.3) is 11.2 Å². The Morgan fingerprint density at radius 1 is 1.44 bits per heavy atom. The lowest BCUT2D eigenvalue weighted by Crippen LogP contribution is -2.37. The predicted octanol–water partition coefficient (Wildman–Crippen LogP) is -0.610. The minimum Gasteiger partial charge on any atom is -0.385 e. The summed E-state index contributed by atoms with van der Waals surface area (Å²) in [6.45, 7) is 3.07. The van der Waals surface area contributed by atoms with Gasteiger partial charge in [0.2, 0.25) is 0 Å². The summed E-state index contributed by atoms with van der Waals surface area (Å²) in [5.74, 6) is 0.180. The van der Waals surface area contributed by atoms with Crippen LogP contribution >= 0.6 is 7.60 Å². The molecule has 0 amide bonds. The van der Waals surface area contributed by atoms with E-state index in [1.165, 1.54) is 31.1 Å². The Kier molecular flexibility index (Phi) is 3.50. The van der Waals surface area contributed by atoms with Crippen LogP contribution in [0, 0.1) is 0 Å². The van der Waals surface area contributed by atoms with Gasteiger partial charge in [-0.2, -0.15) is 0 Å². The molecule has 0 radical (unpaired) electrons. The highest BCUT2D eigenvalue weighted by atomic mass is 31.2. The van der Waals surface area contributed by atoms with Crippen molar-refractivity contribution < 1.29 is 28.9 Å². The summed E-state index contributed by atoms with van der Waals surface area (Å²) in [6, 6.07) is 0. The second-order valence-electron chi connectivity index (χ2n) is 6.55. The van der Waals surface area contributed by atoms with E-state index in [-0.39, 0.29) is 5.82 Å². The zero-order valence-electron chi connectivity index (χ0n) is 13.4. The molecule has 11 nitrogen and oxygen atoms in total. The van der Waals surface area contributed by atoms with Crippen molar-refractivity contribution in [3.05, 3.63) is 12.7 Å². The van der Waals surface area contributed by atoms with Crippen LogP contribution in [-0.2, 0) is 13.8 Å². The number of nitrogens with two attached hydrogens (primary N) is 1. The van der Waals surface area contributed by atoms with E-state index in [4.69, 9.17) is 15.0 Å². The quantitative estimate of drug-likeness (QED) is 0.509. The lowest BCUT2D eigenvalue weighted by molar-refractivity contribution is -0.0909. The average molecular weight is 371 g/mol. The Morgan fingerprint density at radius 2 is 2.16 bits per heavy atom. The number of anilines is 1. The molecule has 2 aromatic heterocycles.